The van der Waals surface area contributed by atoms with Crippen LogP contribution < -0.4 is 0 Å². The number of likely N-dealkylation sites (N-methyl/N-ethyl adjacent to an activating group) is 1. The van der Waals surface area contributed by atoms with E-state index in [0.717, 1.165) is 17.3 Å². The lowest BCUT2D eigenvalue weighted by Gasteiger charge is -2.25. The molecule has 0 radical (unpaired) electrons. The van der Waals surface area contributed by atoms with Crippen molar-refractivity contribution in [2.45, 2.75) is 26.3 Å². The lowest BCUT2D eigenvalue weighted by atomic mass is 10.0. The van der Waals surface area contributed by atoms with Gasteiger partial charge in [0.15, 0.2) is 0 Å². The average Bonchev–Trinajstić information content (AvgIpc) is 3.04. The molecule has 1 amide bonds. The van der Waals surface area contributed by atoms with Crippen molar-refractivity contribution in [2.24, 2.45) is 0 Å². The predicted molar refractivity (Wildman–Crippen MR) is 92.5 cm³/mol. The number of para-hydroxylation sites is 1. The van der Waals surface area contributed by atoms with Crippen LogP contribution in [-0.4, -0.2) is 34.1 Å². The third-order valence-corrected chi connectivity index (χ3v) is 4.34. The number of rotatable bonds is 4. The Kier molecular flexibility index (Phi) is 4.15. The fraction of sp³-hybridized carbons (Fsp3) is 0.263. The molecule has 23 heavy (non-hydrogen) atoms. The van der Waals surface area contributed by atoms with Gasteiger partial charge in [0.1, 0.15) is 0 Å². The van der Waals surface area contributed by atoms with Gasteiger partial charge < -0.3 is 4.90 Å². The average molecular weight is 307 g/mol. The molecule has 2 aromatic carbocycles. The van der Waals surface area contributed by atoms with Gasteiger partial charge in [-0.3, -0.25) is 9.89 Å². The molecule has 3 aromatic rings. The zero-order chi connectivity index (χ0) is 16.4. The van der Waals surface area contributed by atoms with Crippen molar-refractivity contribution in [3.8, 4) is 0 Å². The first kappa shape index (κ1) is 15.3. The molecule has 0 saturated heterocycles. The maximum absolute atomic E-state index is 12.8. The monoisotopic (exact) mass is 307 g/mol. The fourth-order valence-electron chi connectivity index (χ4n) is 2.74. The first-order valence-electron chi connectivity index (χ1n) is 7.81. The normalized spacial score (nSPS) is 12.3. The Balaban J connectivity index is 1.78. The molecule has 0 aliphatic heterocycles. The Labute approximate surface area is 136 Å². The van der Waals surface area contributed by atoms with E-state index in [1.807, 2.05) is 25.2 Å². The second-order valence-corrected chi connectivity index (χ2v) is 6.09. The van der Waals surface area contributed by atoms with E-state index in [2.05, 4.69) is 48.3 Å². The van der Waals surface area contributed by atoms with Crippen molar-refractivity contribution < 1.29 is 4.79 Å². The van der Waals surface area contributed by atoms with E-state index in [9.17, 15) is 4.79 Å². The summed E-state index contributed by atoms with van der Waals surface area (Å²) < 4.78 is 0. The van der Waals surface area contributed by atoms with Crippen molar-refractivity contribution in [2.75, 3.05) is 7.05 Å². The van der Waals surface area contributed by atoms with E-state index < -0.39 is 0 Å². The summed E-state index contributed by atoms with van der Waals surface area (Å²) in [5, 5.41) is 7.90. The minimum absolute atomic E-state index is 0.0134. The van der Waals surface area contributed by atoms with Crippen LogP contribution in [0.15, 0.2) is 48.7 Å². The highest BCUT2D eigenvalue weighted by Gasteiger charge is 2.20. The molecule has 1 aromatic heterocycles. The van der Waals surface area contributed by atoms with Crippen LogP contribution in [0.1, 0.15) is 28.4 Å². The molecule has 1 unspecified atom stereocenters. The maximum Gasteiger partial charge on any atom is 0.256 e. The van der Waals surface area contributed by atoms with Gasteiger partial charge in [-0.25, -0.2) is 0 Å². The van der Waals surface area contributed by atoms with Crippen LogP contribution in [0.2, 0.25) is 0 Å². The summed E-state index contributed by atoms with van der Waals surface area (Å²) >= 11 is 0. The summed E-state index contributed by atoms with van der Waals surface area (Å²) in [6.07, 6.45) is 2.57. The molecule has 118 valence electrons. The summed E-state index contributed by atoms with van der Waals surface area (Å²) in [5.41, 5.74) is 3.95. The third kappa shape index (κ3) is 3.11. The van der Waals surface area contributed by atoms with E-state index in [0.29, 0.717) is 5.56 Å². The highest BCUT2D eigenvalue weighted by atomic mass is 16.2. The van der Waals surface area contributed by atoms with Crippen LogP contribution >= 0.6 is 0 Å². The number of carbonyl (C=O) groups is 1. The first-order valence-corrected chi connectivity index (χ1v) is 7.81. The van der Waals surface area contributed by atoms with Crippen LogP contribution in [-0.2, 0) is 6.42 Å². The number of fused-ring (bicyclic) bond motifs is 1. The largest absolute Gasteiger partial charge is 0.339 e. The van der Waals surface area contributed by atoms with Gasteiger partial charge in [0.25, 0.3) is 5.91 Å². The van der Waals surface area contributed by atoms with Crippen LogP contribution in [0.25, 0.3) is 10.9 Å². The molecular formula is C19H21N3O. The van der Waals surface area contributed by atoms with Crippen LogP contribution in [0, 0.1) is 6.92 Å². The SMILES string of the molecule is Cc1ccc(CC(C)N(C)C(=O)c2cccc3cn[nH]c23)cc1. The number of aromatic amines is 1. The summed E-state index contributed by atoms with van der Waals surface area (Å²) in [6.45, 7) is 4.15. The van der Waals surface area contributed by atoms with Crippen LogP contribution in [0.4, 0.5) is 0 Å². The molecule has 0 bridgehead atoms. The Morgan fingerprint density at radius 2 is 1.96 bits per heavy atom. The molecule has 0 aliphatic carbocycles. The second-order valence-electron chi connectivity index (χ2n) is 6.09. The topological polar surface area (TPSA) is 49.0 Å². The third-order valence-electron chi connectivity index (χ3n) is 4.34. The molecule has 0 aliphatic rings. The van der Waals surface area contributed by atoms with Gasteiger partial charge in [-0.2, -0.15) is 5.10 Å². The number of nitrogens with zero attached hydrogens (tertiary/aromatic N) is 2. The van der Waals surface area contributed by atoms with Gasteiger partial charge in [0.2, 0.25) is 0 Å². The molecule has 0 saturated carbocycles. The lowest BCUT2D eigenvalue weighted by molar-refractivity contribution is 0.0745. The van der Waals surface area contributed by atoms with Crippen molar-refractivity contribution in [1.29, 1.82) is 0 Å². The number of H-pyrrole nitrogens is 1. The zero-order valence-electron chi connectivity index (χ0n) is 13.7. The smallest absolute Gasteiger partial charge is 0.256 e. The fourth-order valence-corrected chi connectivity index (χ4v) is 2.74. The van der Waals surface area contributed by atoms with Gasteiger partial charge in [-0.05, 0) is 31.9 Å². The number of aromatic nitrogens is 2. The van der Waals surface area contributed by atoms with E-state index in [-0.39, 0.29) is 11.9 Å². The Bertz CT molecular complexity index is 820. The molecule has 3 rings (SSSR count). The molecule has 0 spiro atoms. The van der Waals surface area contributed by atoms with E-state index in [4.69, 9.17) is 0 Å². The summed E-state index contributed by atoms with van der Waals surface area (Å²) in [5.74, 6) is 0.0134. The molecule has 0 fully saturated rings. The molecule has 1 heterocycles. The van der Waals surface area contributed by atoms with E-state index in [1.54, 1.807) is 11.1 Å². The van der Waals surface area contributed by atoms with E-state index in [1.165, 1.54) is 11.1 Å². The second kappa shape index (κ2) is 6.24. The van der Waals surface area contributed by atoms with E-state index >= 15 is 0 Å². The van der Waals surface area contributed by atoms with Crippen LogP contribution in [0.3, 0.4) is 0 Å². The summed E-state index contributed by atoms with van der Waals surface area (Å²) in [6, 6.07) is 14.3. The first-order chi connectivity index (χ1) is 11.1. The molecular weight excluding hydrogens is 286 g/mol. The van der Waals surface area contributed by atoms with Gasteiger partial charge in [0.05, 0.1) is 17.3 Å². The van der Waals surface area contributed by atoms with Crippen LogP contribution in [0.5, 0.6) is 0 Å². The minimum Gasteiger partial charge on any atom is -0.339 e. The number of carbonyl (C=O) groups excluding carboxylic acids is 1. The Hall–Kier alpha value is -2.62. The van der Waals surface area contributed by atoms with Crippen molar-refractivity contribution in [3.05, 3.63) is 65.4 Å². The molecule has 1 atom stereocenters. The standard InChI is InChI=1S/C19H21N3O/c1-13-7-9-15(10-8-13)11-14(2)22(3)19(23)17-6-4-5-16-12-20-21-18(16)17/h4-10,12,14H,11H2,1-3H3,(H,20,21). The Morgan fingerprint density at radius 1 is 1.22 bits per heavy atom. The Morgan fingerprint density at radius 3 is 2.70 bits per heavy atom. The number of benzene rings is 2. The van der Waals surface area contributed by atoms with Crippen molar-refractivity contribution in [3.63, 3.8) is 0 Å². The number of hydrogen-bond donors (Lipinski definition) is 1. The highest BCUT2D eigenvalue weighted by molar-refractivity contribution is 6.05. The predicted octanol–water partition coefficient (Wildman–Crippen LogP) is 3.57. The highest BCUT2D eigenvalue weighted by Crippen LogP contribution is 2.19. The number of amides is 1. The lowest BCUT2D eigenvalue weighted by Crippen LogP contribution is -2.36. The molecule has 4 nitrogen and oxygen atoms in total. The van der Waals surface area contributed by atoms with Gasteiger partial charge in [-0.15, -0.1) is 0 Å². The van der Waals surface area contributed by atoms with Gasteiger partial charge in [-0.1, -0.05) is 42.0 Å². The number of aryl methyl sites for hydroxylation is 1. The number of nitrogens with one attached hydrogen (secondary N) is 1. The molecule has 1 N–H and O–H groups in total. The summed E-state index contributed by atoms with van der Waals surface area (Å²) in [7, 11) is 1.86. The number of hydrogen-bond acceptors (Lipinski definition) is 2. The summed E-state index contributed by atoms with van der Waals surface area (Å²) in [4.78, 5) is 14.6. The molecule has 4 heteroatoms. The van der Waals surface area contributed by atoms with Gasteiger partial charge >= 0.3 is 0 Å². The van der Waals surface area contributed by atoms with Gasteiger partial charge in [0, 0.05) is 18.5 Å². The maximum atomic E-state index is 12.8. The van der Waals surface area contributed by atoms with Crippen molar-refractivity contribution >= 4 is 16.8 Å². The zero-order valence-corrected chi connectivity index (χ0v) is 13.7. The van der Waals surface area contributed by atoms with Crippen molar-refractivity contribution in [1.82, 2.24) is 15.1 Å². The quantitative estimate of drug-likeness (QED) is 0.801. The minimum atomic E-state index is 0.0134.